The summed E-state index contributed by atoms with van der Waals surface area (Å²) in [5.74, 6) is -3.07. The molecule has 1 amide bonds. The Bertz CT molecular complexity index is 602. The summed E-state index contributed by atoms with van der Waals surface area (Å²) in [5, 5.41) is 13.2. The minimum absolute atomic E-state index is 0.106. The number of hydrogen-bond acceptors (Lipinski definition) is 3. The fourth-order valence-corrected chi connectivity index (χ4v) is 2.68. The van der Waals surface area contributed by atoms with E-state index in [4.69, 9.17) is 0 Å². The summed E-state index contributed by atoms with van der Waals surface area (Å²) in [5.41, 5.74) is -1.60. The molecule has 0 aromatic heterocycles. The van der Waals surface area contributed by atoms with Crippen LogP contribution in [0.1, 0.15) is 43.5 Å². The van der Waals surface area contributed by atoms with Crippen molar-refractivity contribution in [2.75, 3.05) is 0 Å². The molecule has 1 aliphatic carbocycles. The molecule has 0 radical (unpaired) electrons. The summed E-state index contributed by atoms with van der Waals surface area (Å²) >= 11 is 0. The third-order valence-corrected chi connectivity index (χ3v) is 4.04. The lowest BCUT2D eigenvalue weighted by Crippen LogP contribution is -2.41. The van der Waals surface area contributed by atoms with Gasteiger partial charge in [0.05, 0.1) is 16.6 Å². The Hall–Kier alpha value is -2.05. The Morgan fingerprint density at radius 1 is 1.38 bits per heavy atom. The molecular formula is C14H16F2N2O3. The van der Waals surface area contributed by atoms with E-state index in [9.17, 15) is 23.7 Å². The first-order valence-corrected chi connectivity index (χ1v) is 6.66. The third kappa shape index (κ3) is 3.01. The number of rotatable bonds is 3. The van der Waals surface area contributed by atoms with Crippen molar-refractivity contribution >= 4 is 11.6 Å². The van der Waals surface area contributed by atoms with Crippen LogP contribution in [0.25, 0.3) is 0 Å². The van der Waals surface area contributed by atoms with E-state index < -0.39 is 33.7 Å². The number of carbonyl (C=O) groups is 1. The number of hydrogen-bond donors (Lipinski definition) is 1. The van der Waals surface area contributed by atoms with Crippen LogP contribution in [-0.2, 0) is 0 Å². The number of nitro benzene ring substituents is 1. The Kier molecular flexibility index (Phi) is 3.93. The van der Waals surface area contributed by atoms with E-state index in [2.05, 4.69) is 5.32 Å². The van der Waals surface area contributed by atoms with Crippen molar-refractivity contribution in [1.82, 2.24) is 5.32 Å². The van der Waals surface area contributed by atoms with Gasteiger partial charge in [0.25, 0.3) is 5.91 Å². The lowest BCUT2D eigenvalue weighted by molar-refractivity contribution is -0.387. The van der Waals surface area contributed by atoms with E-state index in [1.54, 1.807) is 0 Å². The second-order valence-electron chi connectivity index (χ2n) is 5.95. The van der Waals surface area contributed by atoms with Gasteiger partial charge in [0.2, 0.25) is 5.82 Å². The van der Waals surface area contributed by atoms with Crippen molar-refractivity contribution in [2.24, 2.45) is 5.41 Å². The maximum atomic E-state index is 13.8. The van der Waals surface area contributed by atoms with Crippen LogP contribution in [0.2, 0.25) is 0 Å². The van der Waals surface area contributed by atoms with Gasteiger partial charge in [-0.15, -0.1) is 0 Å². The van der Waals surface area contributed by atoms with Crippen LogP contribution in [0.3, 0.4) is 0 Å². The summed E-state index contributed by atoms with van der Waals surface area (Å²) in [6.07, 6.45) is 2.67. The van der Waals surface area contributed by atoms with Crippen LogP contribution in [0, 0.1) is 27.2 Å². The number of nitrogens with zero attached hydrogens (tertiary/aromatic N) is 1. The third-order valence-electron chi connectivity index (χ3n) is 4.04. The van der Waals surface area contributed by atoms with Crippen molar-refractivity contribution in [3.63, 3.8) is 0 Å². The van der Waals surface area contributed by atoms with Gasteiger partial charge in [0, 0.05) is 6.04 Å². The SMILES string of the molecule is CC1(C)CCCC1NC(=O)c1cc(F)c([N+](=O)[O-])cc1F. The molecule has 21 heavy (non-hydrogen) atoms. The lowest BCUT2D eigenvalue weighted by atomic mass is 9.87. The van der Waals surface area contributed by atoms with Gasteiger partial charge in [-0.05, 0) is 24.3 Å². The minimum atomic E-state index is -1.22. The molecule has 0 aliphatic heterocycles. The van der Waals surface area contributed by atoms with E-state index in [1.165, 1.54) is 0 Å². The zero-order chi connectivity index (χ0) is 15.8. The summed E-state index contributed by atoms with van der Waals surface area (Å²) in [4.78, 5) is 21.5. The standard InChI is InChI=1S/C14H16F2N2O3/c1-14(2)5-3-4-12(14)17-13(19)8-6-10(16)11(18(20)21)7-9(8)15/h6-7,12H,3-5H2,1-2H3,(H,17,19). The van der Waals surface area contributed by atoms with Crippen LogP contribution in [0.15, 0.2) is 12.1 Å². The molecule has 1 aromatic rings. The molecule has 7 heteroatoms. The second kappa shape index (κ2) is 5.38. The summed E-state index contributed by atoms with van der Waals surface area (Å²) in [7, 11) is 0. The van der Waals surface area contributed by atoms with Gasteiger partial charge in [-0.2, -0.15) is 4.39 Å². The minimum Gasteiger partial charge on any atom is -0.349 e. The van der Waals surface area contributed by atoms with E-state index in [-0.39, 0.29) is 11.5 Å². The molecule has 1 atom stereocenters. The molecule has 1 fully saturated rings. The molecule has 0 bridgehead atoms. The van der Waals surface area contributed by atoms with Gasteiger partial charge in [-0.3, -0.25) is 14.9 Å². The maximum Gasteiger partial charge on any atom is 0.307 e. The van der Waals surface area contributed by atoms with E-state index in [0.29, 0.717) is 12.1 Å². The predicted octanol–water partition coefficient (Wildman–Crippen LogP) is 3.18. The van der Waals surface area contributed by atoms with Gasteiger partial charge >= 0.3 is 5.69 Å². The molecule has 0 heterocycles. The normalized spacial score (nSPS) is 20.3. The average molecular weight is 298 g/mol. The molecule has 1 aliphatic rings. The largest absolute Gasteiger partial charge is 0.349 e. The highest BCUT2D eigenvalue weighted by Gasteiger charge is 2.36. The number of nitrogens with one attached hydrogen (secondary N) is 1. The van der Waals surface area contributed by atoms with Crippen molar-refractivity contribution < 1.29 is 18.5 Å². The number of nitro groups is 1. The quantitative estimate of drug-likeness (QED) is 0.688. The fourth-order valence-electron chi connectivity index (χ4n) is 2.68. The molecule has 5 nitrogen and oxygen atoms in total. The maximum absolute atomic E-state index is 13.8. The molecule has 2 rings (SSSR count). The average Bonchev–Trinajstić information content (AvgIpc) is 2.70. The van der Waals surface area contributed by atoms with Crippen LogP contribution in [0.5, 0.6) is 0 Å². The van der Waals surface area contributed by atoms with Crippen molar-refractivity contribution in [3.8, 4) is 0 Å². The topological polar surface area (TPSA) is 72.2 Å². The molecule has 1 saturated carbocycles. The molecule has 114 valence electrons. The highest BCUT2D eigenvalue weighted by atomic mass is 19.1. The van der Waals surface area contributed by atoms with E-state index in [0.717, 1.165) is 19.3 Å². The van der Waals surface area contributed by atoms with Crippen LogP contribution < -0.4 is 5.32 Å². The highest BCUT2D eigenvalue weighted by Crippen LogP contribution is 2.37. The predicted molar refractivity (Wildman–Crippen MR) is 71.9 cm³/mol. The number of carbonyl (C=O) groups excluding carboxylic acids is 1. The number of amides is 1. The van der Waals surface area contributed by atoms with Crippen LogP contribution >= 0.6 is 0 Å². The first-order valence-electron chi connectivity index (χ1n) is 6.66. The number of benzene rings is 1. The first kappa shape index (κ1) is 15.3. The molecule has 1 N–H and O–H groups in total. The zero-order valence-electron chi connectivity index (χ0n) is 11.8. The van der Waals surface area contributed by atoms with Crippen LogP contribution in [-0.4, -0.2) is 16.9 Å². The fraction of sp³-hybridized carbons (Fsp3) is 0.500. The van der Waals surface area contributed by atoms with Gasteiger partial charge in [0.15, 0.2) is 0 Å². The Morgan fingerprint density at radius 3 is 2.57 bits per heavy atom. The smallest absolute Gasteiger partial charge is 0.307 e. The van der Waals surface area contributed by atoms with E-state index >= 15 is 0 Å². The number of halogens is 2. The van der Waals surface area contributed by atoms with Crippen molar-refractivity contribution in [1.29, 1.82) is 0 Å². The van der Waals surface area contributed by atoms with Gasteiger partial charge in [0.1, 0.15) is 5.82 Å². The van der Waals surface area contributed by atoms with Gasteiger partial charge in [-0.1, -0.05) is 20.3 Å². The second-order valence-corrected chi connectivity index (χ2v) is 5.95. The summed E-state index contributed by atoms with van der Waals surface area (Å²) in [6.45, 7) is 4.00. The molecule has 0 spiro atoms. The monoisotopic (exact) mass is 298 g/mol. The molecular weight excluding hydrogens is 282 g/mol. The molecule has 1 unspecified atom stereocenters. The highest BCUT2D eigenvalue weighted by molar-refractivity contribution is 5.95. The molecule has 0 saturated heterocycles. The Labute approximate surface area is 120 Å². The summed E-state index contributed by atoms with van der Waals surface area (Å²) < 4.78 is 27.3. The van der Waals surface area contributed by atoms with Crippen LogP contribution in [0.4, 0.5) is 14.5 Å². The lowest BCUT2D eigenvalue weighted by Gasteiger charge is -2.27. The van der Waals surface area contributed by atoms with Crippen molar-refractivity contribution in [2.45, 2.75) is 39.2 Å². The zero-order valence-corrected chi connectivity index (χ0v) is 11.8. The van der Waals surface area contributed by atoms with Gasteiger partial charge in [-0.25, -0.2) is 4.39 Å². The first-order chi connectivity index (χ1) is 9.72. The summed E-state index contributed by atoms with van der Waals surface area (Å²) in [6, 6.07) is 0.886. The Morgan fingerprint density at radius 2 is 2.05 bits per heavy atom. The molecule has 1 aromatic carbocycles. The van der Waals surface area contributed by atoms with E-state index in [1.807, 2.05) is 13.8 Å². The Balaban J connectivity index is 2.24. The van der Waals surface area contributed by atoms with Crippen molar-refractivity contribution in [3.05, 3.63) is 39.4 Å². The van der Waals surface area contributed by atoms with Gasteiger partial charge < -0.3 is 5.32 Å².